The van der Waals surface area contributed by atoms with Gasteiger partial charge in [-0.05, 0) is 43.0 Å². The van der Waals surface area contributed by atoms with E-state index < -0.39 is 0 Å². The van der Waals surface area contributed by atoms with Crippen molar-refractivity contribution in [2.75, 3.05) is 5.32 Å². The lowest BCUT2D eigenvalue weighted by Gasteiger charge is -2.23. The Balaban J connectivity index is 1.78. The molecule has 3 nitrogen and oxygen atoms in total. The van der Waals surface area contributed by atoms with Gasteiger partial charge in [0.25, 0.3) is 0 Å². The molecule has 0 radical (unpaired) electrons. The predicted octanol–water partition coefficient (Wildman–Crippen LogP) is 4.86. The van der Waals surface area contributed by atoms with Crippen molar-refractivity contribution in [1.29, 1.82) is 0 Å². The van der Waals surface area contributed by atoms with Gasteiger partial charge in [0.2, 0.25) is 5.91 Å². The summed E-state index contributed by atoms with van der Waals surface area (Å²) in [5.74, 6) is -0.0481. The van der Waals surface area contributed by atoms with Crippen LogP contribution in [0.15, 0.2) is 48.5 Å². The topological polar surface area (TPSA) is 41.1 Å². The van der Waals surface area contributed by atoms with Gasteiger partial charge in [0, 0.05) is 16.8 Å². The molecular weight excluding hydrogens is 320 g/mol. The second-order valence-corrected chi connectivity index (χ2v) is 6.85. The number of nitrogens with one attached hydrogen (secondary N) is 2. The summed E-state index contributed by atoms with van der Waals surface area (Å²) in [5.41, 5.74) is 2.71. The molecule has 1 aliphatic carbocycles. The summed E-state index contributed by atoms with van der Waals surface area (Å²) in [4.78, 5) is 12.9. The van der Waals surface area contributed by atoms with E-state index in [2.05, 4.69) is 10.6 Å². The zero-order valence-electron chi connectivity index (χ0n) is 13.9. The number of anilines is 1. The van der Waals surface area contributed by atoms with E-state index in [1.807, 2.05) is 49.4 Å². The Hall–Kier alpha value is -1.84. The molecule has 1 amide bonds. The third-order valence-electron chi connectivity index (χ3n) is 4.59. The lowest BCUT2D eigenvalue weighted by Crippen LogP contribution is -2.38. The van der Waals surface area contributed by atoms with E-state index in [1.54, 1.807) is 6.07 Å². The van der Waals surface area contributed by atoms with Crippen molar-refractivity contribution in [2.24, 2.45) is 0 Å². The average Bonchev–Trinajstić information content (AvgIpc) is 3.10. The second kappa shape index (κ2) is 7.82. The molecule has 2 aromatic carbocycles. The largest absolute Gasteiger partial charge is 0.324 e. The number of hydrogen-bond acceptors (Lipinski definition) is 2. The lowest BCUT2D eigenvalue weighted by molar-refractivity contribution is -0.118. The highest BCUT2D eigenvalue weighted by Crippen LogP contribution is 2.25. The van der Waals surface area contributed by atoms with Gasteiger partial charge in [-0.1, -0.05) is 60.8 Å². The van der Waals surface area contributed by atoms with Crippen LogP contribution in [0.4, 0.5) is 5.69 Å². The van der Waals surface area contributed by atoms with Gasteiger partial charge in [-0.3, -0.25) is 10.1 Å². The second-order valence-electron chi connectivity index (χ2n) is 6.44. The maximum atomic E-state index is 12.9. The molecule has 2 aromatic rings. The van der Waals surface area contributed by atoms with Gasteiger partial charge in [0.15, 0.2) is 0 Å². The molecule has 1 saturated carbocycles. The van der Waals surface area contributed by atoms with Gasteiger partial charge in [0.1, 0.15) is 6.04 Å². The molecule has 0 spiro atoms. The van der Waals surface area contributed by atoms with E-state index in [1.165, 1.54) is 12.8 Å². The van der Waals surface area contributed by atoms with Gasteiger partial charge >= 0.3 is 0 Å². The van der Waals surface area contributed by atoms with Crippen molar-refractivity contribution >= 4 is 23.2 Å². The SMILES string of the molecule is Cc1ccc(NC(=O)[C@@H](NC2CCCC2)c2ccccc2)cc1Cl. The van der Waals surface area contributed by atoms with Gasteiger partial charge in [-0.2, -0.15) is 0 Å². The molecule has 24 heavy (non-hydrogen) atoms. The zero-order valence-corrected chi connectivity index (χ0v) is 14.6. The Morgan fingerprint density at radius 3 is 2.50 bits per heavy atom. The number of benzene rings is 2. The zero-order chi connectivity index (χ0) is 16.9. The summed E-state index contributed by atoms with van der Waals surface area (Å²) in [5, 5.41) is 7.19. The lowest BCUT2D eigenvalue weighted by atomic mass is 10.0. The molecule has 0 heterocycles. The van der Waals surface area contributed by atoms with E-state index in [9.17, 15) is 4.79 Å². The molecule has 0 unspecified atom stereocenters. The normalized spacial score (nSPS) is 16.1. The van der Waals surface area contributed by atoms with Crippen molar-refractivity contribution in [3.63, 3.8) is 0 Å². The Morgan fingerprint density at radius 2 is 1.83 bits per heavy atom. The maximum Gasteiger partial charge on any atom is 0.246 e. The molecule has 0 aliphatic heterocycles. The van der Waals surface area contributed by atoms with Gasteiger partial charge in [-0.15, -0.1) is 0 Å². The Morgan fingerprint density at radius 1 is 1.12 bits per heavy atom. The van der Waals surface area contributed by atoms with Gasteiger partial charge in [0.05, 0.1) is 0 Å². The summed E-state index contributed by atoms with van der Waals surface area (Å²) in [6, 6.07) is 15.5. The number of carbonyl (C=O) groups excluding carboxylic acids is 1. The summed E-state index contributed by atoms with van der Waals surface area (Å²) in [6.07, 6.45) is 4.72. The Bertz CT molecular complexity index is 696. The fourth-order valence-corrected chi connectivity index (χ4v) is 3.36. The maximum absolute atomic E-state index is 12.9. The van der Waals surface area contributed by atoms with Crippen molar-refractivity contribution in [1.82, 2.24) is 5.32 Å². The first-order valence-electron chi connectivity index (χ1n) is 8.51. The van der Waals surface area contributed by atoms with Crippen molar-refractivity contribution < 1.29 is 4.79 Å². The molecule has 3 rings (SSSR count). The van der Waals surface area contributed by atoms with Crippen molar-refractivity contribution in [2.45, 2.75) is 44.7 Å². The van der Waals surface area contributed by atoms with Crippen LogP contribution in [0.25, 0.3) is 0 Å². The van der Waals surface area contributed by atoms with E-state index in [0.717, 1.165) is 29.7 Å². The van der Waals surface area contributed by atoms with Crippen LogP contribution in [0.2, 0.25) is 5.02 Å². The third kappa shape index (κ3) is 4.16. The number of hydrogen-bond donors (Lipinski definition) is 2. The van der Waals surface area contributed by atoms with Crippen LogP contribution < -0.4 is 10.6 Å². The smallest absolute Gasteiger partial charge is 0.246 e. The van der Waals surface area contributed by atoms with Gasteiger partial charge < -0.3 is 5.32 Å². The predicted molar refractivity (Wildman–Crippen MR) is 99.4 cm³/mol. The Labute approximate surface area is 148 Å². The molecule has 1 atom stereocenters. The van der Waals surface area contributed by atoms with Gasteiger partial charge in [-0.25, -0.2) is 0 Å². The number of halogens is 1. The first kappa shape index (κ1) is 17.0. The molecule has 126 valence electrons. The molecule has 1 fully saturated rings. The summed E-state index contributed by atoms with van der Waals surface area (Å²) in [7, 11) is 0. The highest BCUT2D eigenvalue weighted by Gasteiger charge is 2.25. The standard InChI is InChI=1S/C20H23ClN2O/c1-14-11-12-17(13-18(14)21)23-20(24)19(15-7-3-2-4-8-15)22-16-9-5-6-10-16/h2-4,7-8,11-13,16,19,22H,5-6,9-10H2,1H3,(H,23,24)/t19-/m0/s1. The molecule has 0 aromatic heterocycles. The van der Waals surface area contributed by atoms with Crippen LogP contribution in [-0.2, 0) is 4.79 Å². The number of amides is 1. The van der Waals surface area contributed by atoms with Crippen molar-refractivity contribution in [3.8, 4) is 0 Å². The summed E-state index contributed by atoms with van der Waals surface area (Å²) < 4.78 is 0. The minimum atomic E-state index is -0.352. The quantitative estimate of drug-likeness (QED) is 0.814. The van der Waals surface area contributed by atoms with Crippen LogP contribution in [0, 0.1) is 6.92 Å². The van der Waals surface area contributed by atoms with Crippen LogP contribution in [-0.4, -0.2) is 11.9 Å². The average molecular weight is 343 g/mol. The van der Waals surface area contributed by atoms with Crippen LogP contribution in [0.5, 0.6) is 0 Å². The highest BCUT2D eigenvalue weighted by molar-refractivity contribution is 6.31. The fraction of sp³-hybridized carbons (Fsp3) is 0.350. The molecular formula is C20H23ClN2O. The summed E-state index contributed by atoms with van der Waals surface area (Å²) in [6.45, 7) is 1.95. The summed E-state index contributed by atoms with van der Waals surface area (Å²) >= 11 is 6.16. The minimum Gasteiger partial charge on any atom is -0.324 e. The number of aryl methyl sites for hydroxylation is 1. The first-order valence-corrected chi connectivity index (χ1v) is 8.89. The van der Waals surface area contributed by atoms with E-state index in [4.69, 9.17) is 11.6 Å². The monoisotopic (exact) mass is 342 g/mol. The first-order chi connectivity index (χ1) is 11.6. The number of rotatable bonds is 5. The fourth-order valence-electron chi connectivity index (χ4n) is 3.18. The third-order valence-corrected chi connectivity index (χ3v) is 5.00. The van der Waals surface area contributed by atoms with Crippen LogP contribution in [0.3, 0.4) is 0 Å². The number of carbonyl (C=O) groups is 1. The molecule has 4 heteroatoms. The minimum absolute atomic E-state index is 0.0481. The molecule has 0 bridgehead atoms. The highest BCUT2D eigenvalue weighted by atomic mass is 35.5. The van der Waals surface area contributed by atoms with E-state index >= 15 is 0 Å². The van der Waals surface area contributed by atoms with Crippen molar-refractivity contribution in [3.05, 3.63) is 64.7 Å². The Kier molecular flexibility index (Phi) is 5.54. The van der Waals surface area contributed by atoms with Crippen LogP contribution in [0.1, 0.15) is 42.9 Å². The van der Waals surface area contributed by atoms with E-state index in [0.29, 0.717) is 11.1 Å². The molecule has 1 aliphatic rings. The van der Waals surface area contributed by atoms with Crippen LogP contribution >= 0.6 is 11.6 Å². The molecule has 0 saturated heterocycles. The van der Waals surface area contributed by atoms with E-state index in [-0.39, 0.29) is 11.9 Å². The molecule has 2 N–H and O–H groups in total.